The average Bonchev–Trinajstić information content (AvgIpc) is 3.48. The van der Waals surface area contributed by atoms with E-state index >= 15 is 0 Å². The van der Waals surface area contributed by atoms with Crippen molar-refractivity contribution in [3.05, 3.63) is 99.5 Å². The van der Waals surface area contributed by atoms with Gasteiger partial charge in [0.1, 0.15) is 0 Å². The smallest absolute Gasteiger partial charge is 0.294 e. The van der Waals surface area contributed by atoms with Gasteiger partial charge in [0, 0.05) is 40.9 Å². The number of aliphatic hydroxyl groups is 1. The number of aliphatic hydroxyl groups excluding tert-OH is 1. The number of rotatable bonds is 8. The molecule has 0 spiro atoms. The summed E-state index contributed by atoms with van der Waals surface area (Å²) in [6.45, 7) is 9.73. The largest absolute Gasteiger partial charge is 0.503 e. The summed E-state index contributed by atoms with van der Waals surface area (Å²) < 4.78 is 11.3. The molecule has 0 bridgehead atoms. The van der Waals surface area contributed by atoms with Gasteiger partial charge in [-0.3, -0.25) is 14.5 Å². The van der Waals surface area contributed by atoms with Crippen LogP contribution in [0.5, 0.6) is 5.75 Å². The van der Waals surface area contributed by atoms with Crippen LogP contribution in [-0.2, 0) is 4.79 Å². The molecule has 1 amide bonds. The van der Waals surface area contributed by atoms with E-state index in [-0.39, 0.29) is 11.3 Å². The number of Topliss-reactive ketones (excluding diaryl/α,β-unsaturated/α-hetero) is 1. The summed E-state index contributed by atoms with van der Waals surface area (Å²) in [7, 11) is 1.48. The number of methoxy groups -OCH3 is 1. The number of fused-ring (bicyclic) bond motifs is 1. The van der Waals surface area contributed by atoms with Crippen LogP contribution in [0.3, 0.4) is 0 Å². The van der Waals surface area contributed by atoms with Gasteiger partial charge in [-0.1, -0.05) is 41.4 Å². The number of hydrogen-bond acceptors (Lipinski definition) is 6. The second-order valence-corrected chi connectivity index (χ2v) is 10.3. The fourth-order valence-corrected chi connectivity index (χ4v) is 5.63. The first-order chi connectivity index (χ1) is 19.2. The number of carbonyl (C=O) groups is 2. The van der Waals surface area contributed by atoms with E-state index in [1.54, 1.807) is 18.2 Å². The summed E-state index contributed by atoms with van der Waals surface area (Å²) in [4.78, 5) is 31.4. The van der Waals surface area contributed by atoms with Crippen molar-refractivity contribution in [1.29, 1.82) is 0 Å². The molecule has 40 heavy (non-hydrogen) atoms. The lowest BCUT2D eigenvalue weighted by Gasteiger charge is -2.29. The molecule has 206 valence electrons. The summed E-state index contributed by atoms with van der Waals surface area (Å²) in [6, 6.07) is 17.4. The third-order valence-corrected chi connectivity index (χ3v) is 7.61. The number of anilines is 2. The van der Waals surface area contributed by atoms with Gasteiger partial charge in [-0.25, -0.2) is 0 Å². The number of hydrogen-bond donors (Lipinski definition) is 1. The fraction of sp³-hybridized carbons (Fsp3) is 0.250. The van der Waals surface area contributed by atoms with Crippen molar-refractivity contribution in [3.63, 3.8) is 0 Å². The summed E-state index contributed by atoms with van der Waals surface area (Å²) in [5.74, 6) is -1.50. The van der Waals surface area contributed by atoms with Crippen molar-refractivity contribution in [2.24, 2.45) is 0 Å². The summed E-state index contributed by atoms with van der Waals surface area (Å²) >= 11 is 6.22. The van der Waals surface area contributed by atoms with E-state index in [0.717, 1.165) is 29.9 Å². The molecule has 5 rings (SSSR count). The standard InChI is InChI=1S/C32H31ClN2O5/c1-6-34(7-2)23-11-9-20(10-12-23)28-27(30(37)32(38)35(28)24-13-8-18(3)14-19(24)4)29(36)25-16-21-15-22(33)17-26(39-5)31(21)40-25/h8-17,28,37H,6-7H2,1-5H3. The van der Waals surface area contributed by atoms with Crippen LogP contribution < -0.4 is 14.5 Å². The number of furan rings is 1. The summed E-state index contributed by atoms with van der Waals surface area (Å²) in [5, 5.41) is 12.2. The maximum Gasteiger partial charge on any atom is 0.294 e. The van der Waals surface area contributed by atoms with Crippen LogP contribution in [0.1, 0.15) is 47.1 Å². The van der Waals surface area contributed by atoms with Gasteiger partial charge >= 0.3 is 0 Å². The van der Waals surface area contributed by atoms with Gasteiger partial charge in [0.2, 0.25) is 5.78 Å². The second-order valence-electron chi connectivity index (χ2n) is 9.86. The normalized spacial score (nSPS) is 15.3. The van der Waals surface area contributed by atoms with Crippen molar-refractivity contribution < 1.29 is 23.8 Å². The Balaban J connectivity index is 1.66. The molecule has 8 heteroatoms. The van der Waals surface area contributed by atoms with Gasteiger partial charge < -0.3 is 19.2 Å². The lowest BCUT2D eigenvalue weighted by Crippen LogP contribution is -2.31. The van der Waals surface area contributed by atoms with Crippen LogP contribution in [0.4, 0.5) is 11.4 Å². The minimum atomic E-state index is -0.870. The number of nitrogens with zero attached hydrogens (tertiary/aromatic N) is 2. The van der Waals surface area contributed by atoms with E-state index in [1.807, 2.05) is 56.3 Å². The molecule has 0 radical (unpaired) electrons. The Morgan fingerprint density at radius 1 is 1.05 bits per heavy atom. The van der Waals surface area contributed by atoms with E-state index in [9.17, 15) is 14.7 Å². The highest BCUT2D eigenvalue weighted by atomic mass is 35.5. The van der Waals surface area contributed by atoms with Gasteiger partial charge in [0.15, 0.2) is 22.9 Å². The molecule has 1 aromatic heterocycles. The zero-order chi connectivity index (χ0) is 28.7. The predicted molar refractivity (Wildman–Crippen MR) is 158 cm³/mol. The zero-order valence-corrected chi connectivity index (χ0v) is 23.9. The van der Waals surface area contributed by atoms with Gasteiger partial charge in [0.25, 0.3) is 5.91 Å². The Morgan fingerprint density at radius 3 is 2.38 bits per heavy atom. The fourth-order valence-electron chi connectivity index (χ4n) is 5.42. The number of halogens is 1. The minimum absolute atomic E-state index is 0.0304. The quantitative estimate of drug-likeness (QED) is 0.228. The number of carbonyl (C=O) groups excluding carboxylic acids is 2. The number of aryl methyl sites for hydroxylation is 2. The number of ether oxygens (including phenoxy) is 1. The predicted octanol–water partition coefficient (Wildman–Crippen LogP) is 7.34. The number of amides is 1. The maximum absolute atomic E-state index is 14.1. The topological polar surface area (TPSA) is 83.2 Å². The number of ketones is 1. The SMILES string of the molecule is CCN(CC)c1ccc(C2C(C(=O)c3cc4cc(Cl)cc(OC)c4o3)=C(O)C(=O)N2c2ccc(C)cc2C)cc1. The molecule has 0 fully saturated rings. The molecule has 3 aromatic carbocycles. The Morgan fingerprint density at radius 2 is 1.75 bits per heavy atom. The molecule has 0 saturated carbocycles. The van der Waals surface area contributed by atoms with Gasteiger partial charge in [-0.2, -0.15) is 0 Å². The molecule has 7 nitrogen and oxygen atoms in total. The van der Waals surface area contributed by atoms with Crippen LogP contribution in [0, 0.1) is 13.8 Å². The highest BCUT2D eigenvalue weighted by Crippen LogP contribution is 2.44. The van der Waals surface area contributed by atoms with Crippen LogP contribution in [0.25, 0.3) is 11.0 Å². The van der Waals surface area contributed by atoms with E-state index < -0.39 is 23.5 Å². The molecular weight excluding hydrogens is 528 g/mol. The average molecular weight is 559 g/mol. The maximum atomic E-state index is 14.1. The second kappa shape index (κ2) is 10.7. The van der Waals surface area contributed by atoms with Crippen molar-refractivity contribution >= 4 is 45.6 Å². The minimum Gasteiger partial charge on any atom is -0.503 e. The zero-order valence-electron chi connectivity index (χ0n) is 23.1. The third kappa shape index (κ3) is 4.60. The highest BCUT2D eigenvalue weighted by molar-refractivity contribution is 6.31. The third-order valence-electron chi connectivity index (χ3n) is 7.39. The monoisotopic (exact) mass is 558 g/mol. The van der Waals surface area contributed by atoms with Crippen LogP contribution in [0.15, 0.2) is 76.4 Å². The van der Waals surface area contributed by atoms with Crippen molar-refractivity contribution in [3.8, 4) is 5.75 Å². The molecule has 1 unspecified atom stereocenters. The Labute approximate surface area is 238 Å². The van der Waals surface area contributed by atoms with Crippen LogP contribution in [0.2, 0.25) is 5.02 Å². The molecule has 0 saturated heterocycles. The van der Waals surface area contributed by atoms with E-state index in [4.69, 9.17) is 20.8 Å². The van der Waals surface area contributed by atoms with Crippen molar-refractivity contribution in [2.75, 3.05) is 30.0 Å². The van der Waals surface area contributed by atoms with Crippen LogP contribution in [-0.4, -0.2) is 37.0 Å². The van der Waals surface area contributed by atoms with Crippen molar-refractivity contribution in [2.45, 2.75) is 33.7 Å². The molecule has 1 N–H and O–H groups in total. The van der Waals surface area contributed by atoms with Crippen molar-refractivity contribution in [1.82, 2.24) is 0 Å². The first kappa shape index (κ1) is 27.3. The molecular formula is C32H31ClN2O5. The molecule has 2 heterocycles. The molecule has 1 aliphatic rings. The Kier molecular flexibility index (Phi) is 7.34. The molecule has 1 atom stereocenters. The van der Waals surface area contributed by atoms with Gasteiger partial charge in [0.05, 0.1) is 18.7 Å². The van der Waals surface area contributed by atoms with Gasteiger partial charge in [-0.05, 0) is 69.2 Å². The van der Waals surface area contributed by atoms with E-state index in [2.05, 4.69) is 18.7 Å². The first-order valence-corrected chi connectivity index (χ1v) is 13.6. The summed E-state index contributed by atoms with van der Waals surface area (Å²) in [6.07, 6.45) is 0. The molecule has 1 aliphatic heterocycles. The summed E-state index contributed by atoms with van der Waals surface area (Å²) in [5.41, 5.74) is 4.52. The Hall–Kier alpha value is -4.23. The lowest BCUT2D eigenvalue weighted by atomic mass is 9.94. The molecule has 4 aromatic rings. The highest BCUT2D eigenvalue weighted by Gasteiger charge is 2.46. The molecule has 0 aliphatic carbocycles. The first-order valence-electron chi connectivity index (χ1n) is 13.2. The van der Waals surface area contributed by atoms with Gasteiger partial charge in [-0.15, -0.1) is 0 Å². The van der Waals surface area contributed by atoms with E-state index in [0.29, 0.717) is 33.0 Å². The lowest BCUT2D eigenvalue weighted by molar-refractivity contribution is -0.117. The number of benzene rings is 3. The Bertz CT molecular complexity index is 1650. The van der Waals surface area contributed by atoms with Crippen LogP contribution >= 0.6 is 11.6 Å². The van der Waals surface area contributed by atoms with E-state index in [1.165, 1.54) is 12.0 Å².